The minimum Gasteiger partial charge on any atom is -0.486 e. The Kier molecular flexibility index (Phi) is 4.09. The molecule has 0 radical (unpaired) electrons. The van der Waals surface area contributed by atoms with Crippen LogP contribution in [0.3, 0.4) is 0 Å². The highest BCUT2D eigenvalue weighted by atomic mass is 16.6. The number of hydrogen-bond acceptors (Lipinski definition) is 5. The molecule has 1 aromatic heterocycles. The van der Waals surface area contributed by atoms with E-state index in [2.05, 4.69) is 10.3 Å². The van der Waals surface area contributed by atoms with Crippen molar-refractivity contribution in [2.45, 2.75) is 6.42 Å². The number of carboxylic acids is 1. The van der Waals surface area contributed by atoms with Crippen molar-refractivity contribution in [3.05, 3.63) is 47.7 Å². The van der Waals surface area contributed by atoms with E-state index in [9.17, 15) is 4.79 Å². The van der Waals surface area contributed by atoms with Crippen LogP contribution in [-0.4, -0.2) is 35.8 Å². The summed E-state index contributed by atoms with van der Waals surface area (Å²) in [6, 6.07) is 10.8. The molecule has 2 aromatic rings. The predicted octanol–water partition coefficient (Wildman–Crippen LogP) is 2.21. The Morgan fingerprint density at radius 3 is 2.82 bits per heavy atom. The molecule has 0 saturated carbocycles. The lowest BCUT2D eigenvalue weighted by Crippen LogP contribution is -2.15. The molecule has 3 rings (SSSR count). The molecule has 0 unspecified atom stereocenters. The third-order valence-corrected chi connectivity index (χ3v) is 3.29. The summed E-state index contributed by atoms with van der Waals surface area (Å²) in [6.45, 7) is 1.80. The lowest BCUT2D eigenvalue weighted by atomic mass is 10.1. The van der Waals surface area contributed by atoms with Crippen LogP contribution in [0.25, 0.3) is 0 Å². The lowest BCUT2D eigenvalue weighted by Gasteiger charge is -2.18. The molecule has 1 aliphatic rings. The summed E-state index contributed by atoms with van der Waals surface area (Å²) in [5.74, 6) is 1.07. The first kappa shape index (κ1) is 14.2. The van der Waals surface area contributed by atoms with Crippen LogP contribution in [0.5, 0.6) is 11.5 Å². The van der Waals surface area contributed by atoms with E-state index < -0.39 is 5.97 Å². The number of carbonyl (C=O) groups is 1. The van der Waals surface area contributed by atoms with Crippen LogP contribution < -0.4 is 14.8 Å². The van der Waals surface area contributed by atoms with Gasteiger partial charge in [-0.05, 0) is 36.2 Å². The zero-order valence-corrected chi connectivity index (χ0v) is 11.9. The molecule has 0 fully saturated rings. The van der Waals surface area contributed by atoms with Crippen molar-refractivity contribution < 1.29 is 19.4 Å². The van der Waals surface area contributed by atoms with Crippen LogP contribution in [0.2, 0.25) is 0 Å². The van der Waals surface area contributed by atoms with Gasteiger partial charge >= 0.3 is 5.97 Å². The second kappa shape index (κ2) is 6.34. The van der Waals surface area contributed by atoms with Crippen LogP contribution in [0.1, 0.15) is 16.1 Å². The van der Waals surface area contributed by atoms with Gasteiger partial charge in [0.05, 0.1) is 0 Å². The molecule has 2 N–H and O–H groups in total. The van der Waals surface area contributed by atoms with Crippen LogP contribution >= 0.6 is 0 Å². The van der Waals surface area contributed by atoms with E-state index >= 15 is 0 Å². The summed E-state index contributed by atoms with van der Waals surface area (Å²) in [5, 5.41) is 12.0. The van der Waals surface area contributed by atoms with Gasteiger partial charge in [0.25, 0.3) is 0 Å². The van der Waals surface area contributed by atoms with Crippen LogP contribution in [0.15, 0.2) is 36.4 Å². The molecule has 114 valence electrons. The van der Waals surface area contributed by atoms with Gasteiger partial charge in [0, 0.05) is 6.54 Å². The molecular weight excluding hydrogens is 284 g/mol. The van der Waals surface area contributed by atoms with E-state index in [0.29, 0.717) is 25.6 Å². The topological polar surface area (TPSA) is 80.7 Å². The first-order chi connectivity index (χ1) is 10.7. The van der Waals surface area contributed by atoms with Crippen molar-refractivity contribution in [1.29, 1.82) is 0 Å². The molecule has 6 nitrogen and oxygen atoms in total. The number of pyridine rings is 1. The zero-order valence-electron chi connectivity index (χ0n) is 11.9. The molecule has 0 aliphatic carbocycles. The van der Waals surface area contributed by atoms with E-state index in [1.54, 1.807) is 12.1 Å². The van der Waals surface area contributed by atoms with E-state index in [4.69, 9.17) is 14.6 Å². The van der Waals surface area contributed by atoms with Crippen LogP contribution in [0.4, 0.5) is 5.82 Å². The smallest absolute Gasteiger partial charge is 0.354 e. The Morgan fingerprint density at radius 1 is 1.18 bits per heavy atom. The number of rotatable bonds is 5. The number of carboxylic acid groups (broad SMARTS) is 1. The number of aromatic nitrogens is 1. The quantitative estimate of drug-likeness (QED) is 0.881. The van der Waals surface area contributed by atoms with Crippen molar-refractivity contribution in [2.24, 2.45) is 0 Å². The number of anilines is 1. The van der Waals surface area contributed by atoms with Crippen LogP contribution in [-0.2, 0) is 6.42 Å². The van der Waals surface area contributed by atoms with Crippen molar-refractivity contribution in [2.75, 3.05) is 25.1 Å². The number of benzene rings is 1. The van der Waals surface area contributed by atoms with Crippen molar-refractivity contribution in [1.82, 2.24) is 4.98 Å². The number of hydrogen-bond donors (Lipinski definition) is 2. The number of ether oxygens (including phenoxy) is 2. The summed E-state index contributed by atoms with van der Waals surface area (Å²) < 4.78 is 11.0. The SMILES string of the molecule is O=C(O)c1cccc(NCCc2ccc3c(c2)OCCO3)n1. The Hall–Kier alpha value is -2.76. The summed E-state index contributed by atoms with van der Waals surface area (Å²) in [4.78, 5) is 14.9. The maximum absolute atomic E-state index is 10.9. The maximum Gasteiger partial charge on any atom is 0.354 e. The Balaban J connectivity index is 1.59. The fourth-order valence-electron chi connectivity index (χ4n) is 2.23. The number of aromatic carboxylic acids is 1. The number of nitrogens with zero attached hydrogens (tertiary/aromatic N) is 1. The second-order valence-electron chi connectivity index (χ2n) is 4.87. The second-order valence-corrected chi connectivity index (χ2v) is 4.87. The highest BCUT2D eigenvalue weighted by Gasteiger charge is 2.11. The minimum atomic E-state index is -1.03. The van der Waals surface area contributed by atoms with Gasteiger partial charge in [-0.3, -0.25) is 0 Å². The van der Waals surface area contributed by atoms with E-state index in [1.165, 1.54) is 6.07 Å². The number of fused-ring (bicyclic) bond motifs is 1. The van der Waals surface area contributed by atoms with Gasteiger partial charge in [0.2, 0.25) is 0 Å². The zero-order chi connectivity index (χ0) is 15.4. The van der Waals surface area contributed by atoms with Gasteiger partial charge in [-0.15, -0.1) is 0 Å². The monoisotopic (exact) mass is 300 g/mol. The first-order valence-corrected chi connectivity index (χ1v) is 7.05. The molecule has 0 atom stereocenters. The molecule has 1 aliphatic heterocycles. The fourth-order valence-corrected chi connectivity index (χ4v) is 2.23. The van der Waals surface area contributed by atoms with Crippen molar-refractivity contribution in [3.8, 4) is 11.5 Å². The molecule has 0 amide bonds. The van der Waals surface area contributed by atoms with Gasteiger partial charge in [-0.25, -0.2) is 9.78 Å². The maximum atomic E-state index is 10.9. The van der Waals surface area contributed by atoms with E-state index in [1.807, 2.05) is 18.2 Å². The Labute approximate surface area is 127 Å². The lowest BCUT2D eigenvalue weighted by molar-refractivity contribution is 0.0690. The Bertz CT molecular complexity index is 688. The summed E-state index contributed by atoms with van der Waals surface area (Å²) >= 11 is 0. The van der Waals surface area contributed by atoms with E-state index in [-0.39, 0.29) is 5.69 Å². The average molecular weight is 300 g/mol. The molecule has 22 heavy (non-hydrogen) atoms. The molecular formula is C16H16N2O4. The van der Waals surface area contributed by atoms with E-state index in [0.717, 1.165) is 23.5 Å². The molecule has 2 heterocycles. The van der Waals surface area contributed by atoms with Gasteiger partial charge in [-0.2, -0.15) is 0 Å². The average Bonchev–Trinajstić information content (AvgIpc) is 2.55. The fraction of sp³-hybridized carbons (Fsp3) is 0.250. The predicted molar refractivity (Wildman–Crippen MR) is 80.8 cm³/mol. The Morgan fingerprint density at radius 2 is 2.00 bits per heavy atom. The summed E-state index contributed by atoms with van der Waals surface area (Å²) in [7, 11) is 0. The first-order valence-electron chi connectivity index (χ1n) is 7.05. The molecule has 0 spiro atoms. The third kappa shape index (κ3) is 3.28. The van der Waals surface area contributed by atoms with Gasteiger partial charge in [0.15, 0.2) is 17.2 Å². The standard InChI is InChI=1S/C16H16N2O4/c19-16(20)12-2-1-3-15(18-12)17-7-6-11-4-5-13-14(10-11)22-9-8-21-13/h1-5,10H,6-9H2,(H,17,18)(H,19,20). The molecule has 0 bridgehead atoms. The normalized spacial score (nSPS) is 12.7. The van der Waals surface area contributed by atoms with Crippen LogP contribution in [0, 0.1) is 0 Å². The number of nitrogens with one attached hydrogen (secondary N) is 1. The minimum absolute atomic E-state index is 0.0318. The third-order valence-electron chi connectivity index (χ3n) is 3.29. The van der Waals surface area contributed by atoms with Crippen molar-refractivity contribution in [3.63, 3.8) is 0 Å². The van der Waals surface area contributed by atoms with Gasteiger partial charge in [-0.1, -0.05) is 12.1 Å². The van der Waals surface area contributed by atoms with Gasteiger partial charge in [0.1, 0.15) is 19.0 Å². The highest BCUT2D eigenvalue weighted by Crippen LogP contribution is 2.30. The molecule has 0 saturated heterocycles. The van der Waals surface area contributed by atoms with Crippen molar-refractivity contribution >= 4 is 11.8 Å². The molecule has 6 heteroatoms. The summed E-state index contributed by atoms with van der Waals surface area (Å²) in [5.41, 5.74) is 1.15. The summed E-state index contributed by atoms with van der Waals surface area (Å²) in [6.07, 6.45) is 0.773. The largest absolute Gasteiger partial charge is 0.486 e. The highest BCUT2D eigenvalue weighted by molar-refractivity contribution is 5.85. The van der Waals surface area contributed by atoms with Gasteiger partial charge < -0.3 is 19.9 Å². The molecule has 1 aromatic carbocycles.